The maximum Gasteiger partial charge on any atom is 0.0216 e. The van der Waals surface area contributed by atoms with Crippen molar-refractivity contribution in [3.63, 3.8) is 0 Å². The Kier molecular flexibility index (Phi) is 3.60. The van der Waals surface area contributed by atoms with Crippen molar-refractivity contribution in [3.05, 3.63) is 22.4 Å². The second-order valence-corrected chi connectivity index (χ2v) is 5.16. The van der Waals surface area contributed by atoms with E-state index in [1.807, 2.05) is 0 Å². The highest BCUT2D eigenvalue weighted by molar-refractivity contribution is 7.07. The molecule has 0 spiro atoms. The van der Waals surface area contributed by atoms with Crippen LogP contribution >= 0.6 is 11.3 Å². The van der Waals surface area contributed by atoms with Gasteiger partial charge in [0.1, 0.15) is 0 Å². The molecule has 2 atom stereocenters. The maximum absolute atomic E-state index is 3.68. The average molecular weight is 209 g/mol. The molecule has 0 radical (unpaired) electrons. The van der Waals surface area contributed by atoms with Crippen LogP contribution in [0.3, 0.4) is 0 Å². The van der Waals surface area contributed by atoms with Gasteiger partial charge in [-0.15, -0.1) is 0 Å². The summed E-state index contributed by atoms with van der Waals surface area (Å²) in [5.74, 6) is 0.863. The van der Waals surface area contributed by atoms with Crippen molar-refractivity contribution < 1.29 is 0 Å². The summed E-state index contributed by atoms with van der Waals surface area (Å²) in [5, 5.41) is 8.07. The van der Waals surface area contributed by atoms with Crippen LogP contribution < -0.4 is 5.32 Å². The van der Waals surface area contributed by atoms with Crippen molar-refractivity contribution in [3.8, 4) is 0 Å². The molecule has 1 saturated carbocycles. The van der Waals surface area contributed by atoms with Crippen LogP contribution in [0.1, 0.15) is 38.2 Å². The Morgan fingerprint density at radius 2 is 2.29 bits per heavy atom. The molecule has 0 bridgehead atoms. The summed E-state index contributed by atoms with van der Waals surface area (Å²) in [4.78, 5) is 0. The van der Waals surface area contributed by atoms with Gasteiger partial charge in [-0.3, -0.25) is 0 Å². The van der Waals surface area contributed by atoms with Crippen LogP contribution in [0.15, 0.2) is 16.8 Å². The first-order chi connectivity index (χ1) is 6.86. The third-order valence-corrected chi connectivity index (χ3v) is 3.99. The van der Waals surface area contributed by atoms with Crippen LogP contribution in [-0.4, -0.2) is 6.04 Å². The van der Waals surface area contributed by atoms with E-state index in [1.165, 1.54) is 31.2 Å². The quantitative estimate of drug-likeness (QED) is 0.804. The fraction of sp³-hybridized carbons (Fsp3) is 0.667. The van der Waals surface area contributed by atoms with Crippen molar-refractivity contribution in [2.24, 2.45) is 5.92 Å². The normalized spacial score (nSPS) is 27.8. The lowest BCUT2D eigenvalue weighted by Gasteiger charge is -2.29. The van der Waals surface area contributed by atoms with Gasteiger partial charge in [0.2, 0.25) is 0 Å². The van der Waals surface area contributed by atoms with Gasteiger partial charge in [-0.05, 0) is 41.1 Å². The van der Waals surface area contributed by atoms with Crippen LogP contribution in [0.5, 0.6) is 0 Å². The van der Waals surface area contributed by atoms with Crippen LogP contribution in [-0.2, 0) is 6.54 Å². The molecule has 1 aliphatic carbocycles. The zero-order valence-corrected chi connectivity index (χ0v) is 9.65. The highest BCUT2D eigenvalue weighted by Gasteiger charge is 2.20. The zero-order chi connectivity index (χ0) is 9.80. The molecule has 1 N–H and O–H groups in total. The van der Waals surface area contributed by atoms with Gasteiger partial charge in [-0.2, -0.15) is 11.3 Å². The summed E-state index contributed by atoms with van der Waals surface area (Å²) in [5.41, 5.74) is 1.44. The van der Waals surface area contributed by atoms with Gasteiger partial charge in [0.25, 0.3) is 0 Å². The van der Waals surface area contributed by atoms with E-state index in [2.05, 4.69) is 29.1 Å². The number of hydrogen-bond donors (Lipinski definition) is 1. The van der Waals surface area contributed by atoms with Gasteiger partial charge in [-0.1, -0.05) is 19.8 Å². The van der Waals surface area contributed by atoms with Crippen LogP contribution in [0.25, 0.3) is 0 Å². The Morgan fingerprint density at radius 3 is 3.00 bits per heavy atom. The molecule has 1 aliphatic rings. The van der Waals surface area contributed by atoms with Crippen LogP contribution in [0, 0.1) is 5.92 Å². The third kappa shape index (κ3) is 2.58. The van der Waals surface area contributed by atoms with E-state index in [0.717, 1.165) is 18.5 Å². The van der Waals surface area contributed by atoms with E-state index in [-0.39, 0.29) is 0 Å². The van der Waals surface area contributed by atoms with Gasteiger partial charge in [-0.25, -0.2) is 0 Å². The van der Waals surface area contributed by atoms with Gasteiger partial charge in [0, 0.05) is 12.6 Å². The Hall–Kier alpha value is -0.340. The van der Waals surface area contributed by atoms with Crippen molar-refractivity contribution >= 4 is 11.3 Å². The summed E-state index contributed by atoms with van der Waals surface area (Å²) in [6.45, 7) is 3.43. The minimum Gasteiger partial charge on any atom is -0.310 e. The number of nitrogens with one attached hydrogen (secondary N) is 1. The van der Waals surface area contributed by atoms with Gasteiger partial charge in [0.05, 0.1) is 0 Å². The van der Waals surface area contributed by atoms with Crippen molar-refractivity contribution in [2.45, 2.75) is 45.2 Å². The van der Waals surface area contributed by atoms with Crippen molar-refractivity contribution in [1.29, 1.82) is 0 Å². The molecule has 0 saturated heterocycles. The molecule has 0 unspecified atom stereocenters. The lowest BCUT2D eigenvalue weighted by molar-refractivity contribution is 0.279. The molecule has 1 fully saturated rings. The van der Waals surface area contributed by atoms with E-state index in [9.17, 15) is 0 Å². The van der Waals surface area contributed by atoms with Crippen molar-refractivity contribution in [2.75, 3.05) is 0 Å². The third-order valence-electron chi connectivity index (χ3n) is 3.26. The monoisotopic (exact) mass is 209 g/mol. The second kappa shape index (κ2) is 4.94. The fourth-order valence-corrected chi connectivity index (χ4v) is 2.93. The van der Waals surface area contributed by atoms with E-state index in [4.69, 9.17) is 0 Å². The van der Waals surface area contributed by atoms with Crippen LogP contribution in [0.2, 0.25) is 0 Å². The molecule has 0 aliphatic heterocycles. The Morgan fingerprint density at radius 1 is 1.43 bits per heavy atom. The molecule has 78 valence electrons. The molecule has 0 amide bonds. The first kappa shape index (κ1) is 10.2. The van der Waals surface area contributed by atoms with E-state index in [0.29, 0.717) is 0 Å². The highest BCUT2D eigenvalue weighted by Crippen LogP contribution is 2.24. The second-order valence-electron chi connectivity index (χ2n) is 4.38. The standard InChI is InChI=1S/C12H19NS/c1-10-4-2-3-5-12(10)13-8-11-6-7-14-9-11/h6-7,9-10,12-13H,2-5,8H2,1H3/t10-,12+/m1/s1. The molecule has 0 aromatic carbocycles. The number of rotatable bonds is 3. The SMILES string of the molecule is C[C@@H]1CCCC[C@@H]1NCc1ccsc1. The summed E-state index contributed by atoms with van der Waals surface area (Å²) in [7, 11) is 0. The van der Waals surface area contributed by atoms with Gasteiger partial charge < -0.3 is 5.32 Å². The maximum atomic E-state index is 3.68. The zero-order valence-electron chi connectivity index (χ0n) is 8.83. The average Bonchev–Trinajstić information content (AvgIpc) is 2.69. The molecule has 2 rings (SSSR count). The molecular formula is C12H19NS. The minimum atomic E-state index is 0.753. The molecule has 14 heavy (non-hydrogen) atoms. The van der Waals surface area contributed by atoms with E-state index >= 15 is 0 Å². The Labute approximate surface area is 90.5 Å². The number of thiophene rings is 1. The Bertz CT molecular complexity index is 255. The first-order valence-corrected chi connectivity index (χ1v) is 6.55. The van der Waals surface area contributed by atoms with Gasteiger partial charge >= 0.3 is 0 Å². The lowest BCUT2D eigenvalue weighted by Crippen LogP contribution is -2.36. The minimum absolute atomic E-state index is 0.753. The van der Waals surface area contributed by atoms with Gasteiger partial charge in [0.15, 0.2) is 0 Å². The molecule has 1 aromatic heterocycles. The van der Waals surface area contributed by atoms with E-state index in [1.54, 1.807) is 11.3 Å². The largest absolute Gasteiger partial charge is 0.310 e. The first-order valence-electron chi connectivity index (χ1n) is 5.61. The van der Waals surface area contributed by atoms with Crippen LogP contribution in [0.4, 0.5) is 0 Å². The highest BCUT2D eigenvalue weighted by atomic mass is 32.1. The predicted molar refractivity (Wildman–Crippen MR) is 62.6 cm³/mol. The summed E-state index contributed by atoms with van der Waals surface area (Å²) in [6.07, 6.45) is 5.61. The Balaban J connectivity index is 1.79. The number of hydrogen-bond acceptors (Lipinski definition) is 2. The molecule has 1 aromatic rings. The molecule has 1 nitrogen and oxygen atoms in total. The fourth-order valence-electron chi connectivity index (χ4n) is 2.26. The predicted octanol–water partition coefficient (Wildman–Crippen LogP) is 3.42. The summed E-state index contributed by atoms with van der Waals surface area (Å²) < 4.78 is 0. The summed E-state index contributed by atoms with van der Waals surface area (Å²) >= 11 is 1.79. The van der Waals surface area contributed by atoms with E-state index < -0.39 is 0 Å². The molecule has 2 heteroatoms. The van der Waals surface area contributed by atoms with Crippen molar-refractivity contribution in [1.82, 2.24) is 5.32 Å². The summed E-state index contributed by atoms with van der Waals surface area (Å²) in [6, 6.07) is 2.97. The topological polar surface area (TPSA) is 12.0 Å². The molecule has 1 heterocycles. The smallest absolute Gasteiger partial charge is 0.0216 e. The molecular weight excluding hydrogens is 190 g/mol. The lowest BCUT2D eigenvalue weighted by atomic mass is 9.86.